The van der Waals surface area contributed by atoms with Crippen LogP contribution in [0.25, 0.3) is 0 Å². The van der Waals surface area contributed by atoms with Crippen LogP contribution in [-0.2, 0) is 4.79 Å². The van der Waals surface area contributed by atoms with Gasteiger partial charge in [-0.25, -0.2) is 0 Å². The molecule has 0 N–H and O–H groups in total. The van der Waals surface area contributed by atoms with E-state index in [0.717, 1.165) is 24.3 Å². The van der Waals surface area contributed by atoms with Gasteiger partial charge in [-0.15, -0.1) is 0 Å². The van der Waals surface area contributed by atoms with Crippen molar-refractivity contribution in [3.05, 3.63) is 60.2 Å². The molecular formula is C23H28GeN3O2. The van der Waals surface area contributed by atoms with Crippen LogP contribution in [0.1, 0.15) is 24.2 Å². The molecule has 3 rings (SSSR count). The molecule has 29 heavy (non-hydrogen) atoms. The summed E-state index contributed by atoms with van der Waals surface area (Å²) in [5.74, 6) is 0.151. The Morgan fingerprint density at radius 3 is 2.21 bits per heavy atom. The number of benzene rings is 2. The van der Waals surface area contributed by atoms with Crippen molar-refractivity contribution in [2.45, 2.75) is 13.8 Å². The van der Waals surface area contributed by atoms with E-state index >= 15 is 0 Å². The zero-order chi connectivity index (χ0) is 20.8. The fourth-order valence-electron chi connectivity index (χ4n) is 3.74. The van der Waals surface area contributed by atoms with Crippen LogP contribution in [0.2, 0.25) is 0 Å². The number of hydrogen-bond donors (Lipinski definition) is 0. The van der Waals surface area contributed by atoms with Gasteiger partial charge in [-0.3, -0.25) is 4.79 Å². The van der Waals surface area contributed by atoms with Gasteiger partial charge in [-0.2, -0.15) is 0 Å². The van der Waals surface area contributed by atoms with Crippen molar-refractivity contribution >= 4 is 38.4 Å². The first-order valence-electron chi connectivity index (χ1n) is 10.2. The Hall–Kier alpha value is -2.12. The van der Waals surface area contributed by atoms with E-state index in [4.69, 9.17) is 0 Å². The Balaban J connectivity index is 1.53. The molecule has 1 atom stereocenters. The van der Waals surface area contributed by atoms with Crippen LogP contribution in [-0.4, -0.2) is 77.4 Å². The predicted molar refractivity (Wildman–Crippen MR) is 118 cm³/mol. The molecule has 0 aliphatic carbocycles. The second-order valence-corrected chi connectivity index (χ2v) is 8.70. The van der Waals surface area contributed by atoms with Crippen LogP contribution in [0.3, 0.4) is 0 Å². The fraction of sp³-hybridized carbons (Fsp3) is 0.391. The summed E-state index contributed by atoms with van der Waals surface area (Å²) in [6.07, 6.45) is 0. The second kappa shape index (κ2) is 10.1. The molecule has 0 saturated carbocycles. The van der Waals surface area contributed by atoms with Crippen LogP contribution in [0.4, 0.5) is 5.69 Å². The molecule has 1 aliphatic rings. The minimum atomic E-state index is -0.0902. The summed E-state index contributed by atoms with van der Waals surface area (Å²) in [6, 6.07) is 17.5. The maximum atomic E-state index is 13.0. The number of rotatable bonds is 6. The first-order chi connectivity index (χ1) is 14.0. The molecule has 1 saturated heterocycles. The molecule has 5 nitrogen and oxygen atoms in total. The fourth-order valence-corrected chi connectivity index (χ4v) is 4.08. The van der Waals surface area contributed by atoms with Gasteiger partial charge in [0.25, 0.3) is 5.91 Å². The van der Waals surface area contributed by atoms with Gasteiger partial charge >= 0.3 is 135 Å². The molecule has 2 amide bonds. The summed E-state index contributed by atoms with van der Waals surface area (Å²) in [4.78, 5) is 31.7. The van der Waals surface area contributed by atoms with Gasteiger partial charge in [0, 0.05) is 5.56 Å². The molecule has 0 bridgehead atoms. The number of piperazine rings is 1. The number of nitrogens with zero attached hydrogens (tertiary/aromatic N) is 3. The first kappa shape index (κ1) is 21.6. The Morgan fingerprint density at radius 1 is 1.00 bits per heavy atom. The topological polar surface area (TPSA) is 43.9 Å². The van der Waals surface area contributed by atoms with E-state index in [0.29, 0.717) is 26.2 Å². The summed E-state index contributed by atoms with van der Waals surface area (Å²) in [5, 5.41) is 0. The van der Waals surface area contributed by atoms with Gasteiger partial charge in [-0.1, -0.05) is 18.2 Å². The zero-order valence-corrected chi connectivity index (χ0v) is 19.3. The average molecular weight is 451 g/mol. The molecule has 151 valence electrons. The number of anilines is 1. The molecule has 0 spiro atoms. The standard InChI is InChI=1S/C23H28GeN3O2/c1-3-27(21-11-9-20(24)10-12-21)22(28)18(2)17-25-13-15-26(16-14-25)23(29)19-7-5-4-6-8-19/h4-12,18H,3,13-17H2,1-2H3. The first-order valence-corrected chi connectivity index (χ1v) is 11.2. The Kier molecular flexibility index (Phi) is 7.50. The van der Waals surface area contributed by atoms with Crippen molar-refractivity contribution in [1.82, 2.24) is 9.80 Å². The normalized spacial score (nSPS) is 15.8. The third-order valence-corrected chi connectivity index (χ3v) is 6.09. The van der Waals surface area contributed by atoms with E-state index in [2.05, 4.69) is 4.90 Å². The van der Waals surface area contributed by atoms with Gasteiger partial charge in [0.05, 0.1) is 0 Å². The molecule has 2 aromatic carbocycles. The molecule has 1 fully saturated rings. The van der Waals surface area contributed by atoms with Crippen molar-refractivity contribution in [3.8, 4) is 0 Å². The number of carbonyl (C=O) groups excluding carboxylic acids is 2. The predicted octanol–water partition coefficient (Wildman–Crippen LogP) is 1.93. The van der Waals surface area contributed by atoms with E-state index in [9.17, 15) is 9.59 Å². The van der Waals surface area contributed by atoms with Crippen molar-refractivity contribution in [2.24, 2.45) is 5.92 Å². The van der Waals surface area contributed by atoms with Gasteiger partial charge in [0.15, 0.2) is 0 Å². The van der Waals surface area contributed by atoms with E-state index in [-0.39, 0.29) is 17.7 Å². The van der Waals surface area contributed by atoms with Crippen molar-refractivity contribution in [1.29, 1.82) is 0 Å². The monoisotopic (exact) mass is 452 g/mol. The van der Waals surface area contributed by atoms with Crippen LogP contribution in [0, 0.1) is 5.92 Å². The van der Waals surface area contributed by atoms with Gasteiger partial charge in [0.1, 0.15) is 0 Å². The minimum absolute atomic E-state index is 0.0888. The summed E-state index contributed by atoms with van der Waals surface area (Å²) in [5.41, 5.74) is 1.69. The molecule has 6 heteroatoms. The van der Waals surface area contributed by atoms with Crippen molar-refractivity contribution in [3.63, 3.8) is 0 Å². The van der Waals surface area contributed by atoms with Gasteiger partial charge in [-0.05, 0) is 12.1 Å². The van der Waals surface area contributed by atoms with Gasteiger partial charge in [0.2, 0.25) is 0 Å². The number of carbonyl (C=O) groups is 2. The molecule has 1 heterocycles. The number of amides is 2. The maximum absolute atomic E-state index is 13.0. The summed E-state index contributed by atoms with van der Waals surface area (Å²) in [7, 11) is 0. The Bertz CT molecular complexity index is 818. The summed E-state index contributed by atoms with van der Waals surface area (Å²) in [6.45, 7) is 8.38. The summed E-state index contributed by atoms with van der Waals surface area (Å²) >= 11 is 2.05. The van der Waals surface area contributed by atoms with E-state index in [1.807, 2.05) is 94.8 Å². The zero-order valence-electron chi connectivity index (χ0n) is 17.2. The molecule has 1 unspecified atom stereocenters. The Labute approximate surface area is 181 Å². The third kappa shape index (κ3) is 5.48. The molecule has 0 aromatic heterocycles. The van der Waals surface area contributed by atoms with E-state index < -0.39 is 0 Å². The SMILES string of the molecule is CCN(C(=O)C(C)CN1CCN(C(=O)c2ccccc2)CC1)c1cc[c]([Ge])cc1. The quantitative estimate of drug-likeness (QED) is 0.631. The average Bonchev–Trinajstić information content (AvgIpc) is 2.76. The molecule has 1 aliphatic heterocycles. The van der Waals surface area contributed by atoms with E-state index in [1.165, 1.54) is 4.40 Å². The van der Waals surface area contributed by atoms with E-state index in [1.54, 1.807) is 0 Å². The van der Waals surface area contributed by atoms with Crippen LogP contribution < -0.4 is 9.30 Å². The third-order valence-electron chi connectivity index (χ3n) is 5.40. The van der Waals surface area contributed by atoms with Crippen molar-refractivity contribution < 1.29 is 9.59 Å². The number of hydrogen-bond acceptors (Lipinski definition) is 3. The second-order valence-electron chi connectivity index (χ2n) is 7.49. The molecule has 3 radical (unpaired) electrons. The van der Waals surface area contributed by atoms with Crippen molar-refractivity contribution in [2.75, 3.05) is 44.2 Å². The summed E-state index contributed by atoms with van der Waals surface area (Å²) < 4.78 is 1.19. The Morgan fingerprint density at radius 2 is 1.62 bits per heavy atom. The van der Waals surface area contributed by atoms with Crippen LogP contribution in [0.5, 0.6) is 0 Å². The molecule has 2 aromatic rings. The van der Waals surface area contributed by atoms with Crippen LogP contribution in [0.15, 0.2) is 54.6 Å². The van der Waals surface area contributed by atoms with Crippen LogP contribution >= 0.6 is 0 Å². The molecular weight excluding hydrogens is 423 g/mol. The van der Waals surface area contributed by atoms with Gasteiger partial charge < -0.3 is 0 Å².